The molecule has 24 heavy (non-hydrogen) atoms. The van der Waals surface area contributed by atoms with Gasteiger partial charge in [0.15, 0.2) is 0 Å². The summed E-state index contributed by atoms with van der Waals surface area (Å²) in [6, 6.07) is -0.409. The lowest BCUT2D eigenvalue weighted by Crippen LogP contribution is -2.62. The first-order valence-electron chi connectivity index (χ1n) is 8.86. The van der Waals surface area contributed by atoms with Gasteiger partial charge in [0.1, 0.15) is 0 Å². The topological polar surface area (TPSA) is 98.7 Å². The molecule has 0 heterocycles. The maximum Gasteiger partial charge on any atom is 0.321 e. The number of urea groups is 1. The van der Waals surface area contributed by atoms with Gasteiger partial charge in [-0.3, -0.25) is 19.8 Å². The van der Waals surface area contributed by atoms with Crippen LogP contribution in [0.5, 0.6) is 0 Å². The molecule has 134 valence electrons. The fraction of sp³-hybridized carbons (Fsp3) is 0.824. The van der Waals surface area contributed by atoms with Crippen LogP contribution in [0.25, 0.3) is 0 Å². The predicted molar refractivity (Wildman–Crippen MR) is 87.3 cm³/mol. The van der Waals surface area contributed by atoms with Gasteiger partial charge in [-0.15, -0.1) is 0 Å². The number of carboxylic acid groups (broad SMARTS) is 1. The highest BCUT2D eigenvalue weighted by Gasteiger charge is 2.51. The van der Waals surface area contributed by atoms with Crippen molar-refractivity contribution in [1.82, 2.24) is 15.5 Å². The van der Waals surface area contributed by atoms with Crippen molar-refractivity contribution >= 4 is 17.9 Å². The van der Waals surface area contributed by atoms with E-state index in [1.807, 2.05) is 0 Å². The van der Waals surface area contributed by atoms with Crippen molar-refractivity contribution in [1.29, 1.82) is 0 Å². The summed E-state index contributed by atoms with van der Waals surface area (Å²) >= 11 is 0. The molecule has 4 aliphatic carbocycles. The van der Waals surface area contributed by atoms with Crippen molar-refractivity contribution in [3.05, 3.63) is 0 Å². The first-order valence-corrected chi connectivity index (χ1v) is 8.86. The van der Waals surface area contributed by atoms with Crippen molar-refractivity contribution in [2.45, 2.75) is 50.5 Å². The average molecular weight is 337 g/mol. The van der Waals surface area contributed by atoms with Crippen molar-refractivity contribution in [2.75, 3.05) is 20.1 Å². The molecular formula is C17H27N3O4. The molecule has 4 fully saturated rings. The van der Waals surface area contributed by atoms with Crippen LogP contribution in [0.15, 0.2) is 0 Å². The van der Waals surface area contributed by atoms with Gasteiger partial charge in [0.05, 0.1) is 13.0 Å². The predicted octanol–water partition coefficient (Wildman–Crippen LogP) is 1.19. The Morgan fingerprint density at radius 3 is 2.12 bits per heavy atom. The van der Waals surface area contributed by atoms with Crippen LogP contribution in [0, 0.1) is 17.8 Å². The molecule has 0 atom stereocenters. The largest absolute Gasteiger partial charge is 0.481 e. The Hall–Kier alpha value is -1.63. The van der Waals surface area contributed by atoms with Crippen LogP contribution >= 0.6 is 0 Å². The summed E-state index contributed by atoms with van der Waals surface area (Å²) in [6.07, 6.45) is 7.00. The quantitative estimate of drug-likeness (QED) is 0.676. The molecule has 0 radical (unpaired) electrons. The van der Waals surface area contributed by atoms with Gasteiger partial charge in [0.2, 0.25) is 5.91 Å². The molecule has 4 aliphatic rings. The van der Waals surface area contributed by atoms with Crippen LogP contribution in [-0.4, -0.2) is 53.6 Å². The molecule has 0 unspecified atom stereocenters. The summed E-state index contributed by atoms with van der Waals surface area (Å²) in [5, 5.41) is 14.1. The van der Waals surface area contributed by atoms with Gasteiger partial charge >= 0.3 is 12.0 Å². The molecule has 0 aromatic carbocycles. The van der Waals surface area contributed by atoms with E-state index in [0.717, 1.165) is 37.0 Å². The maximum atomic E-state index is 12.2. The number of nitrogens with one attached hydrogen (secondary N) is 2. The molecule has 4 saturated carbocycles. The highest BCUT2D eigenvalue weighted by atomic mass is 16.4. The lowest BCUT2D eigenvalue weighted by Gasteiger charge is -2.56. The smallest absolute Gasteiger partial charge is 0.321 e. The summed E-state index contributed by atoms with van der Waals surface area (Å²) in [5.74, 6) is 0.894. The second-order valence-electron chi connectivity index (χ2n) is 8.08. The van der Waals surface area contributed by atoms with E-state index in [4.69, 9.17) is 5.11 Å². The maximum absolute atomic E-state index is 12.2. The van der Waals surface area contributed by atoms with Gasteiger partial charge in [-0.1, -0.05) is 0 Å². The molecule has 0 aromatic rings. The molecule has 3 N–H and O–H groups in total. The normalized spacial score (nSPS) is 33.5. The Morgan fingerprint density at radius 2 is 1.62 bits per heavy atom. The van der Waals surface area contributed by atoms with E-state index < -0.39 is 17.9 Å². The van der Waals surface area contributed by atoms with Crippen molar-refractivity contribution in [2.24, 2.45) is 17.8 Å². The number of likely N-dealkylation sites (N-methyl/N-ethyl adjacent to an activating group) is 1. The highest BCUT2D eigenvalue weighted by molar-refractivity contribution is 5.95. The minimum absolute atomic E-state index is 0.0155. The van der Waals surface area contributed by atoms with E-state index >= 15 is 0 Å². The van der Waals surface area contributed by atoms with Crippen LogP contribution in [0.3, 0.4) is 0 Å². The third-order valence-electron chi connectivity index (χ3n) is 5.79. The number of carbonyl (C=O) groups is 3. The monoisotopic (exact) mass is 337 g/mol. The summed E-state index contributed by atoms with van der Waals surface area (Å²) in [4.78, 5) is 36.3. The Labute approximate surface area is 142 Å². The van der Waals surface area contributed by atoms with E-state index in [2.05, 4.69) is 10.6 Å². The van der Waals surface area contributed by atoms with Gasteiger partial charge in [-0.25, -0.2) is 4.79 Å². The van der Waals surface area contributed by atoms with Crippen molar-refractivity contribution < 1.29 is 19.5 Å². The Morgan fingerprint density at radius 1 is 1.08 bits per heavy atom. The number of imide groups is 1. The molecule has 0 spiro atoms. The Kier molecular flexibility index (Phi) is 4.80. The third kappa shape index (κ3) is 4.06. The van der Waals surface area contributed by atoms with Crippen LogP contribution in [0.4, 0.5) is 4.79 Å². The van der Waals surface area contributed by atoms with Gasteiger partial charge < -0.3 is 10.4 Å². The van der Waals surface area contributed by atoms with E-state index in [9.17, 15) is 14.4 Å². The molecule has 0 saturated heterocycles. The molecule has 0 aromatic heterocycles. The molecular weight excluding hydrogens is 310 g/mol. The zero-order valence-corrected chi connectivity index (χ0v) is 14.2. The first-order chi connectivity index (χ1) is 11.3. The molecule has 7 nitrogen and oxygen atoms in total. The number of nitrogens with zero attached hydrogens (tertiary/aromatic N) is 1. The third-order valence-corrected chi connectivity index (χ3v) is 5.79. The first kappa shape index (κ1) is 17.2. The summed E-state index contributed by atoms with van der Waals surface area (Å²) in [7, 11) is 1.67. The molecule has 4 rings (SSSR count). The Balaban J connectivity index is 1.45. The number of hydrogen-bond donors (Lipinski definition) is 3. The lowest BCUT2D eigenvalue weighted by atomic mass is 9.53. The molecule has 4 bridgehead atoms. The number of carbonyl (C=O) groups excluding carboxylic acids is 2. The van der Waals surface area contributed by atoms with E-state index in [-0.39, 0.29) is 25.0 Å². The van der Waals surface area contributed by atoms with Gasteiger partial charge in [0.25, 0.3) is 0 Å². The van der Waals surface area contributed by atoms with E-state index in [0.29, 0.717) is 0 Å². The zero-order valence-electron chi connectivity index (χ0n) is 14.2. The number of aliphatic carboxylic acids is 1. The number of rotatable bonds is 6. The second kappa shape index (κ2) is 6.70. The summed E-state index contributed by atoms with van der Waals surface area (Å²) < 4.78 is 0. The second-order valence-corrected chi connectivity index (χ2v) is 8.08. The fourth-order valence-electron chi connectivity index (χ4n) is 5.31. The van der Waals surface area contributed by atoms with Gasteiger partial charge in [-0.05, 0) is 63.3 Å². The Bertz CT molecular complexity index is 499. The standard InChI is InChI=1S/C17H27N3O4/c1-20(3-2-15(22)23)10-14(21)18-16(24)19-17-7-11-4-12(8-17)6-13(5-11)9-17/h11-13H,2-10H2,1H3,(H,22,23)(H2,18,19,21,24). The summed E-state index contributed by atoms with van der Waals surface area (Å²) in [6.45, 7) is 0.293. The van der Waals surface area contributed by atoms with Crippen molar-refractivity contribution in [3.8, 4) is 0 Å². The zero-order chi connectivity index (χ0) is 17.3. The highest BCUT2D eigenvalue weighted by Crippen LogP contribution is 2.55. The van der Waals surface area contributed by atoms with Crippen LogP contribution in [0.1, 0.15) is 44.9 Å². The van der Waals surface area contributed by atoms with Crippen LogP contribution < -0.4 is 10.6 Å². The summed E-state index contributed by atoms with van der Waals surface area (Å²) in [5.41, 5.74) is -0.117. The molecule has 0 aliphatic heterocycles. The lowest BCUT2D eigenvalue weighted by molar-refractivity contribution is -0.137. The van der Waals surface area contributed by atoms with Gasteiger partial charge in [-0.2, -0.15) is 0 Å². The van der Waals surface area contributed by atoms with Gasteiger partial charge in [0, 0.05) is 12.1 Å². The minimum Gasteiger partial charge on any atom is -0.481 e. The molecule has 3 amide bonds. The van der Waals surface area contributed by atoms with E-state index in [1.54, 1.807) is 11.9 Å². The van der Waals surface area contributed by atoms with Crippen LogP contribution in [-0.2, 0) is 9.59 Å². The number of carboxylic acids is 1. The van der Waals surface area contributed by atoms with E-state index in [1.165, 1.54) is 19.3 Å². The average Bonchev–Trinajstić information content (AvgIpc) is 2.42. The van der Waals surface area contributed by atoms with Crippen molar-refractivity contribution in [3.63, 3.8) is 0 Å². The fourth-order valence-corrected chi connectivity index (χ4v) is 5.31. The van der Waals surface area contributed by atoms with Crippen LogP contribution in [0.2, 0.25) is 0 Å². The minimum atomic E-state index is -0.901. The molecule has 7 heteroatoms. The SMILES string of the molecule is CN(CCC(=O)O)CC(=O)NC(=O)NC12CC3CC(CC(C3)C1)C2. The number of amides is 3. The number of hydrogen-bond acceptors (Lipinski definition) is 4.